The fourth-order valence-corrected chi connectivity index (χ4v) is 3.60. The number of nitrogens with zero attached hydrogens (tertiary/aromatic N) is 3. The zero-order valence-electron chi connectivity index (χ0n) is 19.9. The van der Waals surface area contributed by atoms with Gasteiger partial charge in [0.2, 0.25) is 11.8 Å². The van der Waals surface area contributed by atoms with Crippen LogP contribution in [0.5, 0.6) is 0 Å². The predicted molar refractivity (Wildman–Crippen MR) is 122 cm³/mol. The highest BCUT2D eigenvalue weighted by Crippen LogP contribution is 2.29. The molecule has 0 spiro atoms. The van der Waals surface area contributed by atoms with E-state index in [0.29, 0.717) is 25.2 Å². The van der Waals surface area contributed by atoms with E-state index in [2.05, 4.69) is 0 Å². The Morgan fingerprint density at radius 3 is 2.39 bits per heavy atom. The van der Waals surface area contributed by atoms with Crippen molar-refractivity contribution in [3.05, 3.63) is 59.4 Å². The number of hydrogen-bond acceptors (Lipinski definition) is 2. The maximum Gasteiger partial charge on any atom is 0.416 e. The Morgan fingerprint density at radius 2 is 1.79 bits per heavy atom. The van der Waals surface area contributed by atoms with Crippen LogP contribution in [0.2, 0.25) is 0 Å². The lowest BCUT2D eigenvalue weighted by Crippen LogP contribution is -2.44. The highest BCUT2D eigenvalue weighted by atomic mass is 19.4. The molecule has 33 heavy (non-hydrogen) atoms. The third kappa shape index (κ3) is 7.65. The summed E-state index contributed by atoms with van der Waals surface area (Å²) in [6, 6.07) is 8.98. The summed E-state index contributed by atoms with van der Waals surface area (Å²) in [5.41, 5.74) is 0.687. The largest absolute Gasteiger partial charge is 0.416 e. The number of aromatic nitrogens is 1. The van der Waals surface area contributed by atoms with Crippen molar-refractivity contribution in [2.24, 2.45) is 5.92 Å². The van der Waals surface area contributed by atoms with Crippen LogP contribution in [-0.4, -0.2) is 45.8 Å². The molecular weight excluding hydrogens is 431 g/mol. The standard InChI is InChI=1S/C25H34F3N3O2/c1-5-7-13-31(23(32)18-29(6-2)24(33)19(3)4)17-22-12-9-14-30(22)16-20-10-8-11-21(15-20)25(26,27)28/h8-12,14-15,19H,5-7,13,16-18H2,1-4H3. The van der Waals surface area contributed by atoms with E-state index in [9.17, 15) is 22.8 Å². The van der Waals surface area contributed by atoms with Crippen molar-refractivity contribution in [1.29, 1.82) is 0 Å². The summed E-state index contributed by atoms with van der Waals surface area (Å²) in [5, 5.41) is 0. The summed E-state index contributed by atoms with van der Waals surface area (Å²) in [6.45, 7) is 9.15. The van der Waals surface area contributed by atoms with E-state index in [-0.39, 0.29) is 30.8 Å². The van der Waals surface area contributed by atoms with Crippen LogP contribution in [0.3, 0.4) is 0 Å². The minimum Gasteiger partial charge on any atom is -0.345 e. The molecule has 1 heterocycles. The SMILES string of the molecule is CCCCN(Cc1cccn1Cc1cccc(C(F)(F)F)c1)C(=O)CN(CC)C(=O)C(C)C. The first-order valence-electron chi connectivity index (χ1n) is 11.4. The first kappa shape index (κ1) is 26.5. The second-order valence-corrected chi connectivity index (χ2v) is 8.50. The van der Waals surface area contributed by atoms with E-state index in [4.69, 9.17) is 0 Å². The van der Waals surface area contributed by atoms with Gasteiger partial charge in [-0.15, -0.1) is 0 Å². The van der Waals surface area contributed by atoms with Crippen LogP contribution in [0, 0.1) is 5.92 Å². The van der Waals surface area contributed by atoms with E-state index in [1.807, 2.05) is 44.4 Å². The monoisotopic (exact) mass is 465 g/mol. The number of benzene rings is 1. The number of unbranched alkanes of at least 4 members (excludes halogenated alkanes) is 1. The maximum absolute atomic E-state index is 13.1. The number of likely N-dealkylation sites (N-methyl/N-ethyl adjacent to an activating group) is 1. The number of rotatable bonds is 11. The van der Waals surface area contributed by atoms with Crippen LogP contribution < -0.4 is 0 Å². The molecule has 0 atom stereocenters. The van der Waals surface area contributed by atoms with Gasteiger partial charge in [0.1, 0.15) is 0 Å². The van der Waals surface area contributed by atoms with E-state index in [1.165, 1.54) is 6.07 Å². The molecule has 2 rings (SSSR count). The second-order valence-electron chi connectivity index (χ2n) is 8.50. The topological polar surface area (TPSA) is 45.6 Å². The van der Waals surface area contributed by atoms with Crippen molar-refractivity contribution < 1.29 is 22.8 Å². The third-order valence-corrected chi connectivity index (χ3v) is 5.53. The summed E-state index contributed by atoms with van der Waals surface area (Å²) in [7, 11) is 0. The van der Waals surface area contributed by atoms with Gasteiger partial charge in [-0.25, -0.2) is 0 Å². The molecule has 0 radical (unpaired) electrons. The number of carbonyl (C=O) groups excluding carboxylic acids is 2. The molecule has 0 saturated carbocycles. The molecule has 1 aromatic carbocycles. The Balaban J connectivity index is 2.18. The summed E-state index contributed by atoms with van der Waals surface area (Å²) in [6.07, 6.45) is -0.849. The van der Waals surface area contributed by atoms with Crippen LogP contribution in [0.1, 0.15) is 57.4 Å². The minimum absolute atomic E-state index is 0.0194. The van der Waals surface area contributed by atoms with Crippen molar-refractivity contribution >= 4 is 11.8 Å². The predicted octanol–water partition coefficient (Wildman–Crippen LogP) is 5.19. The molecule has 0 bridgehead atoms. The van der Waals surface area contributed by atoms with E-state index < -0.39 is 11.7 Å². The van der Waals surface area contributed by atoms with Crippen LogP contribution in [0.4, 0.5) is 13.2 Å². The average Bonchev–Trinajstić information content (AvgIpc) is 3.20. The van der Waals surface area contributed by atoms with Gasteiger partial charge in [0.05, 0.1) is 18.7 Å². The lowest BCUT2D eigenvalue weighted by molar-refractivity contribution is -0.142. The zero-order chi connectivity index (χ0) is 24.6. The molecule has 2 aromatic rings. The highest BCUT2D eigenvalue weighted by molar-refractivity contribution is 5.85. The average molecular weight is 466 g/mol. The smallest absolute Gasteiger partial charge is 0.345 e. The number of halogens is 3. The van der Waals surface area contributed by atoms with Crippen molar-refractivity contribution in [2.75, 3.05) is 19.6 Å². The molecule has 1 aromatic heterocycles. The Hall–Kier alpha value is -2.77. The van der Waals surface area contributed by atoms with Gasteiger partial charge in [-0.2, -0.15) is 13.2 Å². The van der Waals surface area contributed by atoms with E-state index in [1.54, 1.807) is 22.1 Å². The second kappa shape index (κ2) is 11.9. The number of alkyl halides is 3. The van der Waals surface area contributed by atoms with Gasteiger partial charge in [0, 0.05) is 37.4 Å². The lowest BCUT2D eigenvalue weighted by Gasteiger charge is -2.28. The van der Waals surface area contributed by atoms with Gasteiger partial charge in [-0.1, -0.05) is 39.3 Å². The first-order chi connectivity index (χ1) is 15.6. The van der Waals surface area contributed by atoms with Gasteiger partial charge in [-0.05, 0) is 43.2 Å². The molecular formula is C25H34F3N3O2. The van der Waals surface area contributed by atoms with Gasteiger partial charge in [0.25, 0.3) is 0 Å². The quantitative estimate of drug-likeness (QED) is 0.459. The summed E-state index contributed by atoms with van der Waals surface area (Å²) in [4.78, 5) is 28.8. The number of carbonyl (C=O) groups is 2. The number of amides is 2. The number of hydrogen-bond donors (Lipinski definition) is 0. The van der Waals surface area contributed by atoms with Gasteiger partial charge in [0.15, 0.2) is 0 Å². The Bertz CT molecular complexity index is 922. The van der Waals surface area contributed by atoms with Crippen LogP contribution >= 0.6 is 0 Å². The Labute approximate surface area is 194 Å². The molecule has 0 aliphatic heterocycles. The molecule has 182 valence electrons. The lowest BCUT2D eigenvalue weighted by atomic mass is 10.1. The van der Waals surface area contributed by atoms with E-state index >= 15 is 0 Å². The maximum atomic E-state index is 13.1. The minimum atomic E-state index is -4.39. The van der Waals surface area contributed by atoms with Crippen LogP contribution in [0.15, 0.2) is 42.6 Å². The fraction of sp³-hybridized carbons (Fsp3) is 0.520. The Morgan fingerprint density at radius 1 is 1.06 bits per heavy atom. The zero-order valence-corrected chi connectivity index (χ0v) is 19.9. The summed E-state index contributed by atoms with van der Waals surface area (Å²) >= 11 is 0. The molecule has 8 heteroatoms. The van der Waals surface area contributed by atoms with Crippen molar-refractivity contribution in [3.63, 3.8) is 0 Å². The highest BCUT2D eigenvalue weighted by Gasteiger charge is 2.30. The van der Waals surface area contributed by atoms with E-state index in [0.717, 1.165) is 30.7 Å². The normalized spacial score (nSPS) is 11.6. The van der Waals surface area contributed by atoms with Crippen molar-refractivity contribution in [2.45, 2.75) is 59.8 Å². The molecule has 2 amide bonds. The van der Waals surface area contributed by atoms with Crippen molar-refractivity contribution in [1.82, 2.24) is 14.4 Å². The summed E-state index contributed by atoms with van der Waals surface area (Å²) in [5.74, 6) is -0.383. The molecule has 0 aliphatic carbocycles. The molecule has 5 nitrogen and oxygen atoms in total. The van der Waals surface area contributed by atoms with Crippen LogP contribution in [0.25, 0.3) is 0 Å². The fourth-order valence-electron chi connectivity index (χ4n) is 3.60. The molecule has 0 saturated heterocycles. The molecule has 0 N–H and O–H groups in total. The van der Waals surface area contributed by atoms with Crippen molar-refractivity contribution in [3.8, 4) is 0 Å². The Kier molecular flexibility index (Phi) is 9.56. The third-order valence-electron chi connectivity index (χ3n) is 5.53. The van der Waals surface area contributed by atoms with Gasteiger partial charge in [-0.3, -0.25) is 9.59 Å². The molecule has 0 aliphatic rings. The van der Waals surface area contributed by atoms with Gasteiger partial charge < -0.3 is 14.4 Å². The van der Waals surface area contributed by atoms with Crippen LogP contribution in [-0.2, 0) is 28.9 Å². The van der Waals surface area contributed by atoms with Gasteiger partial charge >= 0.3 is 6.18 Å². The first-order valence-corrected chi connectivity index (χ1v) is 11.4. The molecule has 0 fully saturated rings. The summed E-state index contributed by atoms with van der Waals surface area (Å²) < 4.78 is 41.1. The molecule has 0 unspecified atom stereocenters.